The highest BCUT2D eigenvalue weighted by Gasteiger charge is 2.41. The number of ether oxygens (including phenoxy) is 1. The molecule has 20 heavy (non-hydrogen) atoms. The standard InChI is InChI=1S/C14H22N2O4/c1-2-20-13(18)9-11-10-5-3-4-6-12(10)15-16(7-8-17)14(11)19/h10-11,17H,2-9H2,1H3. The molecule has 2 aliphatic rings. The SMILES string of the molecule is CCOC(=O)CC1C(=O)N(CCO)N=C2CCCCC21. The normalized spacial score (nSPS) is 26.0. The Morgan fingerprint density at radius 1 is 1.50 bits per heavy atom. The van der Waals surface area contributed by atoms with E-state index in [9.17, 15) is 9.59 Å². The number of rotatable bonds is 5. The molecule has 0 aromatic carbocycles. The first-order valence-corrected chi connectivity index (χ1v) is 7.32. The number of aliphatic hydroxyl groups excluding tert-OH is 1. The molecule has 0 bridgehead atoms. The van der Waals surface area contributed by atoms with Crippen LogP contribution in [0.4, 0.5) is 0 Å². The number of β-amino-alcohol motifs (C(OH)–C–C–N with tert-alkyl or cyclic N) is 1. The van der Waals surface area contributed by atoms with Gasteiger partial charge in [0.15, 0.2) is 0 Å². The van der Waals surface area contributed by atoms with Crippen LogP contribution in [-0.4, -0.2) is 47.5 Å². The molecule has 1 aliphatic carbocycles. The van der Waals surface area contributed by atoms with Gasteiger partial charge in [-0.05, 0) is 26.2 Å². The molecule has 112 valence electrons. The van der Waals surface area contributed by atoms with E-state index in [2.05, 4.69) is 5.10 Å². The monoisotopic (exact) mass is 282 g/mol. The lowest BCUT2D eigenvalue weighted by atomic mass is 9.75. The van der Waals surface area contributed by atoms with Crippen molar-refractivity contribution in [1.29, 1.82) is 0 Å². The molecule has 1 heterocycles. The highest BCUT2D eigenvalue weighted by atomic mass is 16.5. The van der Waals surface area contributed by atoms with E-state index in [1.54, 1.807) is 6.92 Å². The number of carbonyl (C=O) groups excluding carboxylic acids is 2. The summed E-state index contributed by atoms with van der Waals surface area (Å²) in [4.78, 5) is 24.1. The summed E-state index contributed by atoms with van der Waals surface area (Å²) in [5.74, 6) is -0.812. The lowest BCUT2D eigenvalue weighted by Crippen LogP contribution is -2.47. The van der Waals surface area contributed by atoms with Crippen LogP contribution in [0.5, 0.6) is 0 Å². The molecule has 1 N–H and O–H groups in total. The van der Waals surface area contributed by atoms with Gasteiger partial charge in [0.1, 0.15) is 0 Å². The molecule has 0 spiro atoms. The lowest BCUT2D eigenvalue weighted by Gasteiger charge is -2.37. The van der Waals surface area contributed by atoms with Crippen LogP contribution in [-0.2, 0) is 14.3 Å². The van der Waals surface area contributed by atoms with E-state index in [0.717, 1.165) is 31.4 Å². The maximum absolute atomic E-state index is 12.4. The number of carbonyl (C=O) groups is 2. The molecule has 0 aromatic rings. The van der Waals surface area contributed by atoms with Gasteiger partial charge in [0.25, 0.3) is 0 Å². The third-order valence-corrected chi connectivity index (χ3v) is 3.94. The van der Waals surface area contributed by atoms with E-state index in [4.69, 9.17) is 9.84 Å². The van der Waals surface area contributed by atoms with Crippen molar-refractivity contribution >= 4 is 17.6 Å². The molecular formula is C14H22N2O4. The molecule has 1 fully saturated rings. The Labute approximate surface area is 118 Å². The molecule has 0 aromatic heterocycles. The minimum Gasteiger partial charge on any atom is -0.466 e. The molecule has 2 rings (SSSR count). The minimum absolute atomic E-state index is 0.0654. The van der Waals surface area contributed by atoms with Crippen molar-refractivity contribution in [2.24, 2.45) is 16.9 Å². The van der Waals surface area contributed by atoms with Gasteiger partial charge in [-0.15, -0.1) is 0 Å². The number of hydrogen-bond donors (Lipinski definition) is 1. The molecule has 2 atom stereocenters. The van der Waals surface area contributed by atoms with Gasteiger partial charge < -0.3 is 9.84 Å². The fraction of sp³-hybridized carbons (Fsp3) is 0.786. The maximum Gasteiger partial charge on any atom is 0.306 e. The van der Waals surface area contributed by atoms with Crippen LogP contribution in [0.1, 0.15) is 39.0 Å². The third kappa shape index (κ3) is 3.17. The second-order valence-electron chi connectivity index (χ2n) is 5.24. The molecule has 0 radical (unpaired) electrons. The fourth-order valence-electron chi connectivity index (χ4n) is 3.03. The van der Waals surface area contributed by atoms with Crippen molar-refractivity contribution in [3.05, 3.63) is 0 Å². The largest absolute Gasteiger partial charge is 0.466 e. The van der Waals surface area contributed by atoms with E-state index in [0.29, 0.717) is 6.61 Å². The Balaban J connectivity index is 2.16. The predicted molar refractivity (Wildman–Crippen MR) is 72.9 cm³/mol. The van der Waals surface area contributed by atoms with Crippen LogP contribution in [0.3, 0.4) is 0 Å². The number of fused-ring (bicyclic) bond motifs is 1. The van der Waals surface area contributed by atoms with Crippen molar-refractivity contribution in [3.8, 4) is 0 Å². The molecule has 1 saturated carbocycles. The summed E-state index contributed by atoms with van der Waals surface area (Å²) >= 11 is 0. The average molecular weight is 282 g/mol. The van der Waals surface area contributed by atoms with Crippen LogP contribution in [0.15, 0.2) is 5.10 Å². The van der Waals surface area contributed by atoms with Crippen LogP contribution in [0.25, 0.3) is 0 Å². The smallest absolute Gasteiger partial charge is 0.306 e. The third-order valence-electron chi connectivity index (χ3n) is 3.94. The molecule has 2 unspecified atom stereocenters. The fourth-order valence-corrected chi connectivity index (χ4v) is 3.03. The van der Waals surface area contributed by atoms with Gasteiger partial charge in [-0.3, -0.25) is 9.59 Å². The first-order chi connectivity index (χ1) is 9.67. The van der Waals surface area contributed by atoms with Gasteiger partial charge in [-0.1, -0.05) is 6.42 Å². The van der Waals surface area contributed by atoms with Crippen molar-refractivity contribution in [3.63, 3.8) is 0 Å². The Morgan fingerprint density at radius 2 is 2.30 bits per heavy atom. The second-order valence-corrected chi connectivity index (χ2v) is 5.24. The van der Waals surface area contributed by atoms with Gasteiger partial charge in [0.05, 0.1) is 32.1 Å². The summed E-state index contributed by atoms with van der Waals surface area (Å²) in [6, 6.07) is 0. The lowest BCUT2D eigenvalue weighted by molar-refractivity contribution is -0.150. The van der Waals surface area contributed by atoms with Crippen LogP contribution < -0.4 is 0 Å². The second kappa shape index (κ2) is 6.83. The highest BCUT2D eigenvalue weighted by molar-refractivity contribution is 5.97. The van der Waals surface area contributed by atoms with Crippen LogP contribution >= 0.6 is 0 Å². The van der Waals surface area contributed by atoms with E-state index < -0.39 is 0 Å². The van der Waals surface area contributed by atoms with E-state index in [1.807, 2.05) is 0 Å². The molecular weight excluding hydrogens is 260 g/mol. The zero-order chi connectivity index (χ0) is 14.5. The van der Waals surface area contributed by atoms with Crippen LogP contribution in [0, 0.1) is 11.8 Å². The van der Waals surface area contributed by atoms with Crippen molar-refractivity contribution in [1.82, 2.24) is 5.01 Å². The number of esters is 1. The number of amides is 1. The number of aliphatic hydroxyl groups is 1. The summed E-state index contributed by atoms with van der Waals surface area (Å²) in [5.41, 5.74) is 0.999. The van der Waals surface area contributed by atoms with Gasteiger partial charge in [-0.2, -0.15) is 5.10 Å². The molecule has 6 heteroatoms. The first-order valence-electron chi connectivity index (χ1n) is 7.32. The molecule has 1 amide bonds. The van der Waals surface area contributed by atoms with Gasteiger partial charge in [0, 0.05) is 11.6 Å². The Kier molecular flexibility index (Phi) is 5.11. The van der Waals surface area contributed by atoms with Gasteiger partial charge in [-0.25, -0.2) is 5.01 Å². The van der Waals surface area contributed by atoms with Crippen molar-refractivity contribution in [2.75, 3.05) is 19.8 Å². The van der Waals surface area contributed by atoms with Gasteiger partial charge in [0.2, 0.25) is 5.91 Å². The summed E-state index contributed by atoms with van der Waals surface area (Å²) in [6.07, 6.45) is 4.03. The molecule has 0 saturated heterocycles. The summed E-state index contributed by atoms with van der Waals surface area (Å²) in [5, 5.41) is 14.7. The van der Waals surface area contributed by atoms with E-state index in [-0.39, 0.29) is 43.3 Å². The van der Waals surface area contributed by atoms with E-state index in [1.165, 1.54) is 5.01 Å². The summed E-state index contributed by atoms with van der Waals surface area (Å²) in [7, 11) is 0. The maximum atomic E-state index is 12.4. The number of hydrazone groups is 1. The molecule has 6 nitrogen and oxygen atoms in total. The number of nitrogens with zero attached hydrogens (tertiary/aromatic N) is 2. The first kappa shape index (κ1) is 15.0. The zero-order valence-corrected chi connectivity index (χ0v) is 11.9. The zero-order valence-electron chi connectivity index (χ0n) is 11.9. The Hall–Kier alpha value is -1.43. The topological polar surface area (TPSA) is 79.2 Å². The van der Waals surface area contributed by atoms with E-state index >= 15 is 0 Å². The quantitative estimate of drug-likeness (QED) is 0.761. The Bertz CT molecular complexity index is 408. The van der Waals surface area contributed by atoms with Crippen molar-refractivity contribution in [2.45, 2.75) is 39.0 Å². The average Bonchev–Trinajstić information content (AvgIpc) is 2.44. The minimum atomic E-state index is -0.381. The van der Waals surface area contributed by atoms with Gasteiger partial charge >= 0.3 is 5.97 Å². The Morgan fingerprint density at radius 3 is 3.00 bits per heavy atom. The van der Waals surface area contributed by atoms with Crippen LogP contribution in [0.2, 0.25) is 0 Å². The summed E-state index contributed by atoms with van der Waals surface area (Å²) < 4.78 is 4.97. The van der Waals surface area contributed by atoms with Crippen molar-refractivity contribution < 1.29 is 19.4 Å². The number of hydrogen-bond acceptors (Lipinski definition) is 5. The highest BCUT2D eigenvalue weighted by Crippen LogP contribution is 2.35. The molecule has 1 aliphatic heterocycles. The predicted octanol–water partition coefficient (Wildman–Crippen LogP) is 0.936. The summed E-state index contributed by atoms with van der Waals surface area (Å²) in [6.45, 7) is 2.14.